The minimum absolute atomic E-state index is 0.302. The van der Waals surface area contributed by atoms with Gasteiger partial charge >= 0.3 is 0 Å². The van der Waals surface area contributed by atoms with Crippen LogP contribution in [0.25, 0.3) is 22.2 Å². The predicted octanol–water partition coefficient (Wildman–Crippen LogP) is 4.55. The van der Waals surface area contributed by atoms with Crippen LogP contribution in [0.1, 0.15) is 12.0 Å². The number of aromatic amines is 1. The number of nitrogens with zero attached hydrogens (tertiary/aromatic N) is 3. The molecular weight excluding hydrogens is 396 g/mol. The van der Waals surface area contributed by atoms with Gasteiger partial charge in [-0.25, -0.2) is 9.97 Å². The van der Waals surface area contributed by atoms with Crippen molar-refractivity contribution in [2.45, 2.75) is 19.0 Å². The number of benzene rings is 2. The van der Waals surface area contributed by atoms with E-state index in [1.807, 2.05) is 36.5 Å². The summed E-state index contributed by atoms with van der Waals surface area (Å²) >= 11 is 6.45. The highest BCUT2D eigenvalue weighted by atomic mass is 35.5. The Balaban J connectivity index is 1.30. The van der Waals surface area contributed by atoms with Gasteiger partial charge in [0.25, 0.3) is 0 Å². The molecule has 4 N–H and O–H groups in total. The molecule has 1 aliphatic heterocycles. The topological polar surface area (TPSA) is 82.9 Å². The molecule has 1 atom stereocenters. The molecule has 1 aliphatic rings. The largest absolute Gasteiger partial charge is 0.399 e. The summed E-state index contributed by atoms with van der Waals surface area (Å²) in [6.45, 7) is 2.89. The predicted molar refractivity (Wildman–Crippen MR) is 122 cm³/mol. The fourth-order valence-electron chi connectivity index (χ4n) is 4.05. The number of aromatic nitrogens is 3. The van der Waals surface area contributed by atoms with Crippen LogP contribution in [0, 0.1) is 0 Å². The van der Waals surface area contributed by atoms with E-state index in [4.69, 9.17) is 22.3 Å². The molecule has 0 amide bonds. The quantitative estimate of drug-likeness (QED) is 0.414. The highest BCUT2D eigenvalue weighted by Gasteiger charge is 2.23. The van der Waals surface area contributed by atoms with Crippen molar-refractivity contribution in [1.82, 2.24) is 19.9 Å². The van der Waals surface area contributed by atoms with Crippen molar-refractivity contribution < 1.29 is 0 Å². The number of halogens is 1. The Kier molecular flexibility index (Phi) is 5.02. The average Bonchev–Trinajstić information content (AvgIpc) is 3.38. The van der Waals surface area contributed by atoms with Crippen molar-refractivity contribution in [2.24, 2.45) is 0 Å². The van der Waals surface area contributed by atoms with Crippen LogP contribution in [0.5, 0.6) is 0 Å². The van der Waals surface area contributed by atoms with E-state index in [2.05, 4.69) is 38.4 Å². The molecule has 7 heteroatoms. The van der Waals surface area contributed by atoms with Crippen molar-refractivity contribution in [3.63, 3.8) is 0 Å². The van der Waals surface area contributed by atoms with E-state index in [1.54, 1.807) is 6.20 Å². The second-order valence-electron chi connectivity index (χ2n) is 7.74. The summed E-state index contributed by atoms with van der Waals surface area (Å²) in [5.41, 5.74) is 10.6. The zero-order chi connectivity index (χ0) is 20.5. The van der Waals surface area contributed by atoms with Crippen LogP contribution in [-0.2, 0) is 6.54 Å². The molecule has 0 saturated carbocycles. The summed E-state index contributed by atoms with van der Waals surface area (Å²) in [6, 6.07) is 16.5. The van der Waals surface area contributed by atoms with Crippen molar-refractivity contribution >= 4 is 34.1 Å². The smallest absolute Gasteiger partial charge is 0.223 e. The summed E-state index contributed by atoms with van der Waals surface area (Å²) < 4.78 is 0. The fourth-order valence-corrected chi connectivity index (χ4v) is 4.24. The molecule has 5 rings (SSSR count). The third kappa shape index (κ3) is 3.84. The minimum Gasteiger partial charge on any atom is -0.399 e. The molecule has 1 unspecified atom stereocenters. The first-order valence-corrected chi connectivity index (χ1v) is 10.5. The highest BCUT2D eigenvalue weighted by Crippen LogP contribution is 2.32. The van der Waals surface area contributed by atoms with Gasteiger partial charge in [0.1, 0.15) is 0 Å². The van der Waals surface area contributed by atoms with Gasteiger partial charge in [0.05, 0.1) is 16.9 Å². The number of rotatable bonds is 5. The summed E-state index contributed by atoms with van der Waals surface area (Å²) in [4.78, 5) is 14.9. The van der Waals surface area contributed by atoms with E-state index in [9.17, 15) is 0 Å². The van der Waals surface area contributed by atoms with E-state index >= 15 is 0 Å². The number of H-pyrrole nitrogens is 1. The first-order valence-electron chi connectivity index (χ1n) is 10.1. The maximum atomic E-state index is 6.45. The summed E-state index contributed by atoms with van der Waals surface area (Å²) in [7, 11) is 0. The van der Waals surface area contributed by atoms with Gasteiger partial charge in [-0.15, -0.1) is 0 Å². The van der Waals surface area contributed by atoms with Crippen LogP contribution >= 0.6 is 11.6 Å². The average molecular weight is 419 g/mol. The Hall–Kier alpha value is -3.09. The number of likely N-dealkylation sites (tertiary alicyclic amines) is 1. The third-order valence-corrected chi connectivity index (χ3v) is 5.86. The normalized spacial score (nSPS) is 16.9. The maximum Gasteiger partial charge on any atom is 0.223 e. The Morgan fingerprint density at radius 1 is 1.17 bits per heavy atom. The van der Waals surface area contributed by atoms with Crippen LogP contribution in [-0.4, -0.2) is 39.0 Å². The standard InChI is InChI=1S/C23H23ClN6/c24-20-12-27-23(29-22(20)19-11-26-21-4-2-1-3-18(19)21)28-17-9-10-30(14-17)13-15-5-7-16(25)8-6-15/h1-8,11-12,17,26H,9-10,13-14,25H2,(H,27,28,29). The molecule has 1 fully saturated rings. The zero-order valence-electron chi connectivity index (χ0n) is 16.5. The lowest BCUT2D eigenvalue weighted by Gasteiger charge is -2.17. The van der Waals surface area contributed by atoms with Crippen LogP contribution in [0.4, 0.5) is 11.6 Å². The molecule has 3 heterocycles. The second-order valence-corrected chi connectivity index (χ2v) is 8.15. The van der Waals surface area contributed by atoms with Gasteiger partial charge in [0.2, 0.25) is 5.95 Å². The van der Waals surface area contributed by atoms with Crippen molar-refractivity contribution in [3.05, 3.63) is 71.5 Å². The number of hydrogen-bond acceptors (Lipinski definition) is 5. The molecule has 0 spiro atoms. The Morgan fingerprint density at radius 3 is 2.87 bits per heavy atom. The highest BCUT2D eigenvalue weighted by molar-refractivity contribution is 6.33. The molecule has 152 valence electrons. The Bertz CT molecular complexity index is 1170. The molecule has 2 aromatic heterocycles. The number of hydrogen-bond donors (Lipinski definition) is 3. The first kappa shape index (κ1) is 18.9. The molecule has 0 aliphatic carbocycles. The summed E-state index contributed by atoms with van der Waals surface area (Å²) in [5, 5.41) is 5.13. The summed E-state index contributed by atoms with van der Waals surface area (Å²) in [5.74, 6) is 0.610. The monoisotopic (exact) mass is 418 g/mol. The first-order chi connectivity index (χ1) is 14.7. The van der Waals surface area contributed by atoms with Crippen molar-refractivity contribution in [1.29, 1.82) is 0 Å². The van der Waals surface area contributed by atoms with Gasteiger partial charge in [-0.1, -0.05) is 41.9 Å². The van der Waals surface area contributed by atoms with Crippen LogP contribution in [0.2, 0.25) is 5.02 Å². The van der Waals surface area contributed by atoms with E-state index in [0.29, 0.717) is 17.0 Å². The van der Waals surface area contributed by atoms with Gasteiger partial charge < -0.3 is 16.0 Å². The molecule has 2 aromatic carbocycles. The molecule has 0 radical (unpaired) electrons. The lowest BCUT2D eigenvalue weighted by molar-refractivity contribution is 0.328. The maximum absolute atomic E-state index is 6.45. The van der Waals surface area contributed by atoms with E-state index in [0.717, 1.165) is 53.9 Å². The van der Waals surface area contributed by atoms with E-state index in [-0.39, 0.29) is 0 Å². The number of para-hydroxylation sites is 1. The molecule has 1 saturated heterocycles. The molecule has 4 aromatic rings. The van der Waals surface area contributed by atoms with E-state index in [1.165, 1.54) is 5.56 Å². The van der Waals surface area contributed by atoms with Crippen molar-refractivity contribution in [2.75, 3.05) is 24.1 Å². The third-order valence-electron chi connectivity index (χ3n) is 5.58. The van der Waals surface area contributed by atoms with Crippen LogP contribution in [0.15, 0.2) is 60.9 Å². The van der Waals surface area contributed by atoms with Crippen molar-refractivity contribution in [3.8, 4) is 11.3 Å². The fraction of sp³-hybridized carbons (Fsp3) is 0.217. The second kappa shape index (κ2) is 7.97. The minimum atomic E-state index is 0.302. The van der Waals surface area contributed by atoms with Crippen LogP contribution < -0.4 is 11.1 Å². The van der Waals surface area contributed by atoms with Gasteiger partial charge in [0.15, 0.2) is 0 Å². The molecule has 0 bridgehead atoms. The lowest BCUT2D eigenvalue weighted by atomic mass is 10.1. The number of nitrogen functional groups attached to an aromatic ring is 1. The van der Waals surface area contributed by atoms with Gasteiger partial charge in [-0.2, -0.15) is 0 Å². The molecule has 30 heavy (non-hydrogen) atoms. The van der Waals surface area contributed by atoms with Gasteiger partial charge in [-0.05, 0) is 30.2 Å². The number of anilines is 2. The zero-order valence-corrected chi connectivity index (χ0v) is 17.2. The number of nitrogens with two attached hydrogens (primary N) is 1. The Morgan fingerprint density at radius 2 is 2.00 bits per heavy atom. The molecular formula is C23H23ClN6. The summed E-state index contributed by atoms with van der Waals surface area (Å²) in [6.07, 6.45) is 4.67. The Labute approximate surface area is 180 Å². The van der Waals surface area contributed by atoms with E-state index < -0.39 is 0 Å². The SMILES string of the molecule is Nc1ccc(CN2CCC(Nc3ncc(Cl)c(-c4c[nH]c5ccccc45)n3)C2)cc1. The van der Waals surface area contributed by atoms with Gasteiger partial charge in [-0.3, -0.25) is 4.90 Å². The van der Waals surface area contributed by atoms with Gasteiger partial charge in [0, 0.05) is 54.0 Å². The lowest BCUT2D eigenvalue weighted by Crippen LogP contribution is -2.26. The van der Waals surface area contributed by atoms with Crippen LogP contribution in [0.3, 0.4) is 0 Å². The number of fused-ring (bicyclic) bond motifs is 1. The number of nitrogens with one attached hydrogen (secondary N) is 2. The molecule has 6 nitrogen and oxygen atoms in total.